The molecule has 1 aliphatic carbocycles. The van der Waals surface area contributed by atoms with Crippen LogP contribution in [0.2, 0.25) is 0 Å². The summed E-state index contributed by atoms with van der Waals surface area (Å²) in [5, 5.41) is 11.3. The SMILES string of the molecule is O=C(O)CCNC(=O)c1ccc(O[C@H](CC2CCCCC2)c2cccc(-c3ccc(C(F)(F)F)cc3)c2)cc1. The van der Waals surface area contributed by atoms with E-state index in [1.165, 1.54) is 31.4 Å². The Morgan fingerprint density at radius 2 is 1.62 bits per heavy atom. The summed E-state index contributed by atoms with van der Waals surface area (Å²) in [7, 11) is 0. The first-order chi connectivity index (χ1) is 18.7. The monoisotopic (exact) mass is 539 g/mol. The molecule has 1 atom stereocenters. The predicted octanol–water partition coefficient (Wildman–Crippen LogP) is 7.67. The largest absolute Gasteiger partial charge is 0.486 e. The lowest BCUT2D eigenvalue weighted by atomic mass is 9.84. The van der Waals surface area contributed by atoms with Gasteiger partial charge in [-0.1, -0.05) is 62.4 Å². The van der Waals surface area contributed by atoms with Gasteiger partial charge in [-0.15, -0.1) is 0 Å². The number of benzene rings is 3. The number of nitrogens with one attached hydrogen (secondary N) is 1. The fourth-order valence-corrected chi connectivity index (χ4v) is 4.98. The molecule has 3 aromatic rings. The van der Waals surface area contributed by atoms with Crippen LogP contribution in [0.5, 0.6) is 5.75 Å². The quantitative estimate of drug-likeness (QED) is 0.277. The van der Waals surface area contributed by atoms with Crippen LogP contribution in [-0.2, 0) is 11.0 Å². The third-order valence-electron chi connectivity index (χ3n) is 7.10. The minimum absolute atomic E-state index is 0.0468. The Kier molecular flexibility index (Phi) is 9.28. The third-order valence-corrected chi connectivity index (χ3v) is 7.10. The minimum atomic E-state index is -4.38. The van der Waals surface area contributed by atoms with Crippen molar-refractivity contribution < 1.29 is 32.6 Å². The molecule has 3 aromatic carbocycles. The highest BCUT2D eigenvalue weighted by Gasteiger charge is 2.30. The number of aliphatic carboxylic acids is 1. The first kappa shape index (κ1) is 28.2. The number of alkyl halides is 3. The summed E-state index contributed by atoms with van der Waals surface area (Å²) in [6.45, 7) is 0.0468. The molecule has 206 valence electrons. The first-order valence-electron chi connectivity index (χ1n) is 13.2. The lowest BCUT2D eigenvalue weighted by molar-refractivity contribution is -0.138. The molecule has 0 aromatic heterocycles. The van der Waals surface area contributed by atoms with Gasteiger partial charge in [-0.25, -0.2) is 0 Å². The number of carbonyl (C=O) groups is 2. The van der Waals surface area contributed by atoms with Crippen molar-refractivity contribution >= 4 is 11.9 Å². The maximum Gasteiger partial charge on any atom is 0.416 e. The Balaban J connectivity index is 1.52. The lowest BCUT2D eigenvalue weighted by Crippen LogP contribution is -2.25. The van der Waals surface area contributed by atoms with E-state index in [9.17, 15) is 22.8 Å². The average Bonchev–Trinajstić information content (AvgIpc) is 2.93. The van der Waals surface area contributed by atoms with Gasteiger partial charge in [0.25, 0.3) is 5.91 Å². The van der Waals surface area contributed by atoms with Gasteiger partial charge in [0.1, 0.15) is 11.9 Å². The zero-order valence-corrected chi connectivity index (χ0v) is 21.5. The van der Waals surface area contributed by atoms with Crippen LogP contribution in [0.4, 0.5) is 13.2 Å². The van der Waals surface area contributed by atoms with E-state index in [0.29, 0.717) is 22.8 Å². The van der Waals surface area contributed by atoms with Gasteiger partial charge in [-0.2, -0.15) is 13.2 Å². The highest BCUT2D eigenvalue weighted by atomic mass is 19.4. The molecule has 2 N–H and O–H groups in total. The van der Waals surface area contributed by atoms with Crippen molar-refractivity contribution in [1.82, 2.24) is 5.32 Å². The van der Waals surface area contributed by atoms with Crippen LogP contribution in [0.15, 0.2) is 72.8 Å². The molecule has 1 amide bonds. The number of carboxylic acids is 1. The number of ether oxygens (including phenoxy) is 1. The van der Waals surface area contributed by atoms with Gasteiger partial charge in [-0.3, -0.25) is 9.59 Å². The van der Waals surface area contributed by atoms with Crippen molar-refractivity contribution in [2.75, 3.05) is 6.54 Å². The maximum atomic E-state index is 13.0. The van der Waals surface area contributed by atoms with Gasteiger partial charge in [0, 0.05) is 12.1 Å². The van der Waals surface area contributed by atoms with Gasteiger partial charge >= 0.3 is 12.1 Å². The Hall–Kier alpha value is -3.81. The van der Waals surface area contributed by atoms with Gasteiger partial charge in [0.2, 0.25) is 0 Å². The zero-order chi connectivity index (χ0) is 27.8. The second-order valence-corrected chi connectivity index (χ2v) is 9.97. The van der Waals surface area contributed by atoms with Gasteiger partial charge < -0.3 is 15.2 Å². The van der Waals surface area contributed by atoms with Crippen LogP contribution in [-0.4, -0.2) is 23.5 Å². The van der Waals surface area contributed by atoms with E-state index in [4.69, 9.17) is 9.84 Å². The number of carboxylic acid groups (broad SMARTS) is 1. The summed E-state index contributed by atoms with van der Waals surface area (Å²) in [5.41, 5.74) is 2.17. The third kappa shape index (κ3) is 8.09. The van der Waals surface area contributed by atoms with E-state index in [-0.39, 0.29) is 25.0 Å². The van der Waals surface area contributed by atoms with Crippen molar-refractivity contribution in [1.29, 1.82) is 0 Å². The van der Waals surface area contributed by atoms with Crippen molar-refractivity contribution in [3.8, 4) is 16.9 Å². The number of hydrogen-bond donors (Lipinski definition) is 2. The summed E-state index contributed by atoms with van der Waals surface area (Å²) in [6.07, 6.45) is 1.90. The van der Waals surface area contributed by atoms with E-state index in [1.807, 2.05) is 24.3 Å². The number of hydrogen-bond acceptors (Lipinski definition) is 3. The van der Waals surface area contributed by atoms with E-state index < -0.39 is 17.7 Å². The van der Waals surface area contributed by atoms with Crippen LogP contribution >= 0.6 is 0 Å². The molecule has 5 nitrogen and oxygen atoms in total. The normalized spacial score (nSPS) is 14.9. The Morgan fingerprint density at radius 3 is 2.26 bits per heavy atom. The highest BCUT2D eigenvalue weighted by Crippen LogP contribution is 2.36. The molecule has 39 heavy (non-hydrogen) atoms. The molecule has 1 saturated carbocycles. The fourth-order valence-electron chi connectivity index (χ4n) is 4.98. The number of carbonyl (C=O) groups excluding carboxylic acids is 1. The van der Waals surface area contributed by atoms with E-state index in [2.05, 4.69) is 5.32 Å². The Morgan fingerprint density at radius 1 is 0.923 bits per heavy atom. The number of halogens is 3. The number of amides is 1. The van der Waals surface area contributed by atoms with Crippen LogP contribution in [0, 0.1) is 5.92 Å². The molecular weight excluding hydrogens is 507 g/mol. The molecule has 1 fully saturated rings. The zero-order valence-electron chi connectivity index (χ0n) is 21.5. The summed E-state index contributed by atoms with van der Waals surface area (Å²) in [4.78, 5) is 23.0. The van der Waals surface area contributed by atoms with Crippen molar-refractivity contribution in [2.45, 2.75) is 57.2 Å². The summed E-state index contributed by atoms with van der Waals surface area (Å²) in [6, 6.07) is 19.6. The van der Waals surface area contributed by atoms with Crippen molar-refractivity contribution in [2.24, 2.45) is 5.92 Å². The van der Waals surface area contributed by atoms with Crippen LogP contribution in [0.25, 0.3) is 11.1 Å². The second-order valence-electron chi connectivity index (χ2n) is 9.97. The molecule has 1 aliphatic rings. The van der Waals surface area contributed by atoms with Gasteiger partial charge in [-0.05, 0) is 71.5 Å². The minimum Gasteiger partial charge on any atom is -0.486 e. The number of rotatable bonds is 10. The lowest BCUT2D eigenvalue weighted by Gasteiger charge is -2.28. The standard InChI is InChI=1S/C31H32F3NO4/c32-31(33,34)26-13-9-22(10-14-26)24-7-4-8-25(20-24)28(19-21-5-2-1-3-6-21)39-27-15-11-23(12-16-27)30(38)35-18-17-29(36)37/h4,7-16,20-21,28H,1-3,5-6,17-19H2,(H,35,38)(H,36,37)/t28-/m1/s1. The van der Waals surface area contributed by atoms with Gasteiger partial charge in [0.05, 0.1) is 12.0 Å². The van der Waals surface area contributed by atoms with Crippen LogP contribution < -0.4 is 10.1 Å². The first-order valence-corrected chi connectivity index (χ1v) is 13.2. The van der Waals surface area contributed by atoms with E-state index in [0.717, 1.165) is 42.5 Å². The molecule has 0 bridgehead atoms. The Bertz CT molecular complexity index is 1250. The summed E-state index contributed by atoms with van der Waals surface area (Å²) in [5.74, 6) is -0.230. The van der Waals surface area contributed by atoms with E-state index >= 15 is 0 Å². The molecule has 0 radical (unpaired) electrons. The molecule has 0 spiro atoms. The average molecular weight is 540 g/mol. The van der Waals surface area contributed by atoms with Crippen molar-refractivity contribution in [3.63, 3.8) is 0 Å². The molecule has 0 heterocycles. The molecular formula is C31H32F3NO4. The fraction of sp³-hybridized carbons (Fsp3) is 0.355. The van der Waals surface area contributed by atoms with Crippen LogP contribution in [0.1, 0.15) is 72.5 Å². The molecule has 0 unspecified atom stereocenters. The second kappa shape index (κ2) is 12.8. The summed E-state index contributed by atoms with van der Waals surface area (Å²) >= 11 is 0. The maximum absolute atomic E-state index is 13.0. The van der Waals surface area contributed by atoms with Gasteiger partial charge in [0.15, 0.2) is 0 Å². The topological polar surface area (TPSA) is 75.6 Å². The van der Waals surface area contributed by atoms with E-state index in [1.54, 1.807) is 24.3 Å². The molecule has 0 saturated heterocycles. The Labute approximate surface area is 226 Å². The van der Waals surface area contributed by atoms with Crippen LogP contribution in [0.3, 0.4) is 0 Å². The smallest absolute Gasteiger partial charge is 0.416 e. The molecule has 0 aliphatic heterocycles. The highest BCUT2D eigenvalue weighted by molar-refractivity contribution is 5.94. The predicted molar refractivity (Wildman–Crippen MR) is 142 cm³/mol. The molecule has 4 rings (SSSR count). The summed E-state index contributed by atoms with van der Waals surface area (Å²) < 4.78 is 45.5. The van der Waals surface area contributed by atoms with Crippen molar-refractivity contribution in [3.05, 3.63) is 89.5 Å². The molecule has 8 heteroatoms.